The minimum atomic E-state index is -2.85. The first-order chi connectivity index (χ1) is 16.5. The molecule has 1 N–H and O–H groups in total. The summed E-state index contributed by atoms with van der Waals surface area (Å²) >= 11 is 0. The first-order valence-corrected chi connectivity index (χ1v) is 10.8. The van der Waals surface area contributed by atoms with Crippen molar-refractivity contribution in [3.05, 3.63) is 84.3 Å². The van der Waals surface area contributed by atoms with Gasteiger partial charge in [-0.2, -0.15) is 8.78 Å². The molecule has 174 valence electrons. The molecule has 4 aromatic rings. The summed E-state index contributed by atoms with van der Waals surface area (Å²) in [5.41, 5.74) is 1.92. The average Bonchev–Trinajstić information content (AvgIpc) is 3.37. The Hall–Kier alpha value is -3.95. The van der Waals surface area contributed by atoms with Crippen LogP contribution < -0.4 is 10.2 Å². The van der Waals surface area contributed by atoms with Gasteiger partial charge in [0.15, 0.2) is 0 Å². The molecular weight excluding hydrogens is 445 g/mol. The Morgan fingerprint density at radius 3 is 2.21 bits per heavy atom. The summed E-state index contributed by atoms with van der Waals surface area (Å²) in [7, 11) is 0. The fourth-order valence-corrected chi connectivity index (χ4v) is 4.20. The standard InChI is InChI=1S/C24H21F3N6O/c25-18-8-6-17(7-9-18)24(10-12-33(13-11-24)19-4-2-1-3-5-19)30-23-28-14-16(15-29-23)21-31-32-22(34-21)20(26)27/h1-9,14-15,20H,10-13H2,(H,28,29,30). The van der Waals surface area contributed by atoms with Crippen LogP contribution in [0.3, 0.4) is 0 Å². The molecule has 0 bridgehead atoms. The largest absolute Gasteiger partial charge is 0.415 e. The Kier molecular flexibility index (Phi) is 5.87. The van der Waals surface area contributed by atoms with E-state index in [4.69, 9.17) is 4.42 Å². The number of rotatable bonds is 6. The van der Waals surface area contributed by atoms with Gasteiger partial charge in [0.05, 0.1) is 11.1 Å². The molecule has 10 heteroatoms. The zero-order valence-corrected chi connectivity index (χ0v) is 18.0. The van der Waals surface area contributed by atoms with Crippen molar-refractivity contribution in [2.24, 2.45) is 0 Å². The van der Waals surface area contributed by atoms with Crippen LogP contribution in [0.15, 0.2) is 71.4 Å². The van der Waals surface area contributed by atoms with Gasteiger partial charge in [-0.25, -0.2) is 14.4 Å². The summed E-state index contributed by atoms with van der Waals surface area (Å²) in [5.74, 6) is -0.775. The van der Waals surface area contributed by atoms with Crippen molar-refractivity contribution in [2.75, 3.05) is 23.3 Å². The van der Waals surface area contributed by atoms with Gasteiger partial charge in [-0.05, 0) is 42.7 Å². The molecule has 0 atom stereocenters. The Morgan fingerprint density at radius 1 is 0.912 bits per heavy atom. The van der Waals surface area contributed by atoms with Gasteiger partial charge in [0, 0.05) is 31.2 Å². The lowest BCUT2D eigenvalue weighted by molar-refractivity contribution is 0.116. The van der Waals surface area contributed by atoms with E-state index in [1.807, 2.05) is 18.2 Å². The predicted molar refractivity (Wildman–Crippen MR) is 120 cm³/mol. The van der Waals surface area contributed by atoms with Gasteiger partial charge in [-0.1, -0.05) is 30.3 Å². The molecule has 0 unspecified atom stereocenters. The molecule has 1 fully saturated rings. The van der Waals surface area contributed by atoms with Gasteiger partial charge >= 0.3 is 6.43 Å². The molecule has 34 heavy (non-hydrogen) atoms. The lowest BCUT2D eigenvalue weighted by Gasteiger charge is -2.43. The van der Waals surface area contributed by atoms with Gasteiger partial charge in [-0.15, -0.1) is 10.2 Å². The highest BCUT2D eigenvalue weighted by Gasteiger charge is 2.37. The molecule has 2 aromatic heterocycles. The number of piperidine rings is 1. The van der Waals surface area contributed by atoms with Gasteiger partial charge in [0.1, 0.15) is 5.82 Å². The predicted octanol–water partition coefficient (Wildman–Crippen LogP) is 5.21. The van der Waals surface area contributed by atoms with E-state index in [1.165, 1.54) is 24.5 Å². The number of halogens is 3. The van der Waals surface area contributed by atoms with E-state index < -0.39 is 17.9 Å². The summed E-state index contributed by atoms with van der Waals surface area (Å²) in [5, 5.41) is 10.4. The smallest absolute Gasteiger partial charge is 0.314 e. The van der Waals surface area contributed by atoms with E-state index in [0.717, 1.165) is 37.2 Å². The second-order valence-electron chi connectivity index (χ2n) is 8.08. The number of hydrogen-bond donors (Lipinski definition) is 1. The molecule has 0 radical (unpaired) electrons. The molecule has 1 saturated heterocycles. The molecule has 7 nitrogen and oxygen atoms in total. The second kappa shape index (κ2) is 9.12. The van der Waals surface area contributed by atoms with Crippen LogP contribution in [-0.4, -0.2) is 33.3 Å². The Morgan fingerprint density at radius 2 is 1.59 bits per heavy atom. The maximum absolute atomic E-state index is 13.6. The summed E-state index contributed by atoms with van der Waals surface area (Å²) in [6, 6.07) is 16.6. The minimum Gasteiger partial charge on any atom is -0.415 e. The Labute approximate surface area is 193 Å². The SMILES string of the molecule is Fc1ccc(C2(Nc3ncc(-c4nnc(C(F)F)o4)cn3)CCN(c3ccccc3)CC2)cc1. The van der Waals surface area contributed by atoms with Gasteiger partial charge in [0.25, 0.3) is 11.8 Å². The molecule has 2 aromatic carbocycles. The maximum Gasteiger partial charge on any atom is 0.314 e. The fraction of sp³-hybridized carbons (Fsp3) is 0.250. The molecule has 0 amide bonds. The maximum atomic E-state index is 13.6. The lowest BCUT2D eigenvalue weighted by atomic mass is 9.80. The van der Waals surface area contributed by atoms with Gasteiger partial charge in [0.2, 0.25) is 5.95 Å². The monoisotopic (exact) mass is 466 g/mol. The highest BCUT2D eigenvalue weighted by Crippen LogP contribution is 2.37. The number of para-hydroxylation sites is 1. The number of aromatic nitrogens is 4. The topological polar surface area (TPSA) is 80.0 Å². The van der Waals surface area contributed by atoms with Gasteiger partial charge in [-0.3, -0.25) is 0 Å². The second-order valence-corrected chi connectivity index (χ2v) is 8.08. The highest BCUT2D eigenvalue weighted by molar-refractivity contribution is 5.52. The molecule has 1 aliphatic heterocycles. The summed E-state index contributed by atoms with van der Waals surface area (Å²) in [6.45, 7) is 1.57. The van der Waals surface area contributed by atoms with Crippen LogP contribution >= 0.6 is 0 Å². The van der Waals surface area contributed by atoms with E-state index >= 15 is 0 Å². The third-order valence-electron chi connectivity index (χ3n) is 6.01. The van der Waals surface area contributed by atoms with E-state index in [-0.39, 0.29) is 11.7 Å². The summed E-state index contributed by atoms with van der Waals surface area (Å²) in [6.07, 6.45) is 1.51. The summed E-state index contributed by atoms with van der Waals surface area (Å²) < 4.78 is 44.0. The molecule has 0 spiro atoms. The lowest BCUT2D eigenvalue weighted by Crippen LogP contribution is -2.47. The number of nitrogens with zero attached hydrogens (tertiary/aromatic N) is 5. The van der Waals surface area contributed by atoms with Gasteiger partial charge < -0.3 is 14.6 Å². The quantitative estimate of drug-likeness (QED) is 0.418. The van der Waals surface area contributed by atoms with Crippen LogP contribution in [0.25, 0.3) is 11.5 Å². The Balaban J connectivity index is 1.38. The number of anilines is 2. The minimum absolute atomic E-state index is 0.0775. The van der Waals surface area contributed by atoms with Crippen molar-refractivity contribution < 1.29 is 17.6 Å². The van der Waals surface area contributed by atoms with Crippen LogP contribution in [0.1, 0.15) is 30.7 Å². The number of benzene rings is 2. The Bertz CT molecular complexity index is 1220. The molecule has 5 rings (SSSR count). The normalized spacial score (nSPS) is 15.5. The molecule has 3 heterocycles. The first kappa shape index (κ1) is 21.9. The molecule has 1 aliphatic rings. The number of hydrogen-bond acceptors (Lipinski definition) is 7. The zero-order valence-electron chi connectivity index (χ0n) is 18.0. The van der Waals surface area contributed by atoms with Crippen LogP contribution in [0, 0.1) is 5.82 Å². The average molecular weight is 466 g/mol. The zero-order chi connectivity index (χ0) is 23.5. The fourth-order valence-electron chi connectivity index (χ4n) is 4.20. The van der Waals surface area contributed by atoms with Crippen molar-refractivity contribution >= 4 is 11.6 Å². The summed E-state index contributed by atoms with van der Waals surface area (Å²) in [4.78, 5) is 11.0. The highest BCUT2D eigenvalue weighted by atomic mass is 19.3. The third kappa shape index (κ3) is 4.43. The van der Waals surface area contributed by atoms with Crippen molar-refractivity contribution in [3.63, 3.8) is 0 Å². The first-order valence-electron chi connectivity index (χ1n) is 10.8. The number of alkyl halides is 2. The molecular formula is C24H21F3N6O. The van der Waals surface area contributed by atoms with Crippen molar-refractivity contribution in [2.45, 2.75) is 24.8 Å². The van der Waals surface area contributed by atoms with E-state index in [2.05, 4.69) is 42.5 Å². The van der Waals surface area contributed by atoms with Crippen LogP contribution in [-0.2, 0) is 5.54 Å². The van der Waals surface area contributed by atoms with Crippen molar-refractivity contribution in [3.8, 4) is 11.5 Å². The van der Waals surface area contributed by atoms with E-state index in [9.17, 15) is 13.2 Å². The van der Waals surface area contributed by atoms with Crippen LogP contribution in [0.2, 0.25) is 0 Å². The van der Waals surface area contributed by atoms with Crippen molar-refractivity contribution in [1.82, 2.24) is 20.2 Å². The van der Waals surface area contributed by atoms with Crippen LogP contribution in [0.5, 0.6) is 0 Å². The third-order valence-corrected chi connectivity index (χ3v) is 6.01. The van der Waals surface area contributed by atoms with Crippen molar-refractivity contribution in [1.29, 1.82) is 0 Å². The van der Waals surface area contributed by atoms with E-state index in [1.54, 1.807) is 12.1 Å². The number of nitrogens with one attached hydrogen (secondary N) is 1. The molecule has 0 saturated carbocycles. The molecule has 0 aliphatic carbocycles. The van der Waals surface area contributed by atoms with E-state index in [0.29, 0.717) is 11.5 Å². The van der Waals surface area contributed by atoms with Crippen LogP contribution in [0.4, 0.5) is 24.8 Å².